The van der Waals surface area contributed by atoms with Crippen LogP contribution in [-0.2, 0) is 0 Å². The number of nitrogens with zero attached hydrogens (tertiary/aromatic N) is 3. The molecule has 0 aliphatic carbocycles. The third-order valence-corrected chi connectivity index (χ3v) is 2.92. The first-order valence-corrected chi connectivity index (χ1v) is 5.61. The predicted molar refractivity (Wildman–Crippen MR) is 68.9 cm³/mol. The maximum Gasteiger partial charge on any atom is 0.307 e. The second-order valence-electron chi connectivity index (χ2n) is 3.48. The summed E-state index contributed by atoms with van der Waals surface area (Å²) >= 11 is 3.32. The molecule has 1 aromatic carbocycles. The van der Waals surface area contributed by atoms with Crippen LogP contribution in [0.15, 0.2) is 35.1 Å². The normalized spacial score (nSPS) is 10.3. The molecule has 0 unspecified atom stereocenters. The summed E-state index contributed by atoms with van der Waals surface area (Å²) in [7, 11) is 0. The van der Waals surface area contributed by atoms with Crippen LogP contribution in [0.5, 0.6) is 0 Å². The molecule has 0 bridgehead atoms. The zero-order valence-electron chi connectivity index (χ0n) is 9.00. The highest BCUT2D eigenvalue weighted by molar-refractivity contribution is 9.10. The molecule has 92 valence electrons. The number of nitrogens with one attached hydrogen (secondary N) is 1. The number of rotatable bonds is 3. The third kappa shape index (κ3) is 2.23. The molecule has 0 radical (unpaired) electrons. The number of nitrogens with two attached hydrogens (primary N) is 1. The van der Waals surface area contributed by atoms with E-state index < -0.39 is 4.92 Å². The topological polar surface area (TPSA) is 111 Å². The molecule has 0 aliphatic rings. The van der Waals surface area contributed by atoms with Gasteiger partial charge in [-0.1, -0.05) is 0 Å². The average molecular weight is 310 g/mol. The first kappa shape index (κ1) is 12.2. The molecule has 18 heavy (non-hydrogen) atoms. The summed E-state index contributed by atoms with van der Waals surface area (Å²) in [6.45, 7) is 0. The van der Waals surface area contributed by atoms with E-state index in [9.17, 15) is 10.1 Å². The van der Waals surface area contributed by atoms with Gasteiger partial charge in [-0.05, 0) is 34.1 Å². The van der Waals surface area contributed by atoms with Crippen LogP contribution in [0, 0.1) is 15.5 Å². The largest absolute Gasteiger partial charge is 0.384 e. The SMILES string of the molecule is N=C(N)c1ccc(-n2cc([N+](=O)[O-])cn2)c(Br)c1. The summed E-state index contributed by atoms with van der Waals surface area (Å²) in [6.07, 6.45) is 2.48. The Kier molecular flexibility index (Phi) is 3.11. The first-order valence-electron chi connectivity index (χ1n) is 4.82. The first-order chi connectivity index (χ1) is 8.49. The molecule has 0 spiro atoms. The number of amidine groups is 1. The number of nitro groups is 1. The van der Waals surface area contributed by atoms with Gasteiger partial charge in [-0.2, -0.15) is 5.10 Å². The van der Waals surface area contributed by atoms with Crippen LogP contribution >= 0.6 is 15.9 Å². The summed E-state index contributed by atoms with van der Waals surface area (Å²) in [5.41, 5.74) is 6.48. The fraction of sp³-hybridized carbons (Fsp3) is 0. The Balaban J connectivity index is 2.44. The molecule has 0 fully saturated rings. The van der Waals surface area contributed by atoms with Crippen molar-refractivity contribution in [3.8, 4) is 5.69 Å². The van der Waals surface area contributed by atoms with Gasteiger partial charge < -0.3 is 5.73 Å². The number of hydrogen-bond donors (Lipinski definition) is 2. The van der Waals surface area contributed by atoms with Crippen LogP contribution in [0.25, 0.3) is 5.69 Å². The molecule has 1 aromatic heterocycles. The lowest BCUT2D eigenvalue weighted by Crippen LogP contribution is -2.11. The fourth-order valence-electron chi connectivity index (χ4n) is 1.40. The molecular weight excluding hydrogens is 302 g/mol. The number of halogens is 1. The van der Waals surface area contributed by atoms with Gasteiger partial charge in [-0.15, -0.1) is 0 Å². The van der Waals surface area contributed by atoms with Crippen molar-refractivity contribution in [2.75, 3.05) is 0 Å². The zero-order chi connectivity index (χ0) is 13.3. The number of aromatic nitrogens is 2. The van der Waals surface area contributed by atoms with E-state index in [-0.39, 0.29) is 11.5 Å². The minimum absolute atomic E-state index is 0.0475. The Bertz CT molecular complexity index is 637. The molecule has 0 aliphatic heterocycles. The number of nitrogen functional groups attached to an aromatic ring is 1. The highest BCUT2D eigenvalue weighted by Crippen LogP contribution is 2.23. The van der Waals surface area contributed by atoms with Crippen molar-refractivity contribution in [2.45, 2.75) is 0 Å². The Morgan fingerprint density at radius 3 is 2.78 bits per heavy atom. The quantitative estimate of drug-likeness (QED) is 0.390. The standard InChI is InChI=1S/C10H8BrN5O2/c11-8-3-6(10(12)13)1-2-9(8)15-5-7(4-14-15)16(17)18/h1-5H,(H3,12,13). The molecule has 0 amide bonds. The molecule has 0 atom stereocenters. The predicted octanol–water partition coefficient (Wildman–Crippen LogP) is 1.83. The number of benzene rings is 1. The van der Waals surface area contributed by atoms with E-state index in [0.29, 0.717) is 15.7 Å². The highest BCUT2D eigenvalue weighted by Gasteiger charge is 2.12. The van der Waals surface area contributed by atoms with Gasteiger partial charge in [0.25, 0.3) is 0 Å². The van der Waals surface area contributed by atoms with Gasteiger partial charge in [-0.3, -0.25) is 15.5 Å². The van der Waals surface area contributed by atoms with Gasteiger partial charge in [0.1, 0.15) is 18.2 Å². The maximum atomic E-state index is 10.6. The molecule has 1 heterocycles. The average Bonchev–Trinajstić information content (AvgIpc) is 2.78. The van der Waals surface area contributed by atoms with E-state index in [4.69, 9.17) is 11.1 Å². The van der Waals surface area contributed by atoms with Crippen LogP contribution in [-0.4, -0.2) is 20.5 Å². The Hall–Kier alpha value is -2.22. The van der Waals surface area contributed by atoms with E-state index in [0.717, 1.165) is 0 Å². The van der Waals surface area contributed by atoms with Crippen molar-refractivity contribution in [2.24, 2.45) is 5.73 Å². The van der Waals surface area contributed by atoms with Crippen molar-refractivity contribution < 1.29 is 4.92 Å². The molecule has 2 aromatic rings. The van der Waals surface area contributed by atoms with Gasteiger partial charge in [0.15, 0.2) is 0 Å². The van der Waals surface area contributed by atoms with Crippen molar-refractivity contribution in [1.29, 1.82) is 5.41 Å². The van der Waals surface area contributed by atoms with Gasteiger partial charge in [0.2, 0.25) is 0 Å². The van der Waals surface area contributed by atoms with E-state index in [2.05, 4.69) is 21.0 Å². The third-order valence-electron chi connectivity index (χ3n) is 2.29. The molecule has 2 rings (SSSR count). The second kappa shape index (κ2) is 4.57. The lowest BCUT2D eigenvalue weighted by molar-refractivity contribution is -0.384. The Morgan fingerprint density at radius 1 is 1.56 bits per heavy atom. The molecule has 0 saturated heterocycles. The van der Waals surface area contributed by atoms with Gasteiger partial charge in [-0.25, -0.2) is 4.68 Å². The zero-order valence-corrected chi connectivity index (χ0v) is 10.6. The van der Waals surface area contributed by atoms with Crippen molar-refractivity contribution in [1.82, 2.24) is 9.78 Å². The van der Waals surface area contributed by atoms with Crippen molar-refractivity contribution in [3.05, 3.63) is 50.7 Å². The van der Waals surface area contributed by atoms with Gasteiger partial charge >= 0.3 is 5.69 Å². The fourth-order valence-corrected chi connectivity index (χ4v) is 1.96. The van der Waals surface area contributed by atoms with Gasteiger partial charge in [0.05, 0.1) is 10.6 Å². The van der Waals surface area contributed by atoms with Crippen LogP contribution in [0.4, 0.5) is 5.69 Å². The minimum Gasteiger partial charge on any atom is -0.384 e. The summed E-state index contributed by atoms with van der Waals surface area (Å²) < 4.78 is 2.03. The highest BCUT2D eigenvalue weighted by atomic mass is 79.9. The minimum atomic E-state index is -0.513. The van der Waals surface area contributed by atoms with Crippen molar-refractivity contribution in [3.63, 3.8) is 0 Å². The van der Waals surface area contributed by atoms with Crippen LogP contribution in [0.2, 0.25) is 0 Å². The van der Waals surface area contributed by atoms with Gasteiger partial charge in [0, 0.05) is 10.0 Å². The molecule has 8 heteroatoms. The smallest absolute Gasteiger partial charge is 0.307 e. The Morgan fingerprint density at radius 2 is 2.28 bits per heavy atom. The summed E-state index contributed by atoms with van der Waals surface area (Å²) in [4.78, 5) is 10.1. The second-order valence-corrected chi connectivity index (χ2v) is 4.33. The van der Waals surface area contributed by atoms with E-state index in [1.165, 1.54) is 17.1 Å². The maximum absolute atomic E-state index is 10.6. The summed E-state index contributed by atoms with van der Waals surface area (Å²) in [6, 6.07) is 4.98. The summed E-state index contributed by atoms with van der Waals surface area (Å²) in [5, 5.41) is 21.8. The lowest BCUT2D eigenvalue weighted by atomic mass is 10.2. The lowest BCUT2D eigenvalue weighted by Gasteiger charge is -2.06. The monoisotopic (exact) mass is 309 g/mol. The van der Waals surface area contributed by atoms with E-state index in [1.807, 2.05) is 0 Å². The molecular formula is C10H8BrN5O2. The van der Waals surface area contributed by atoms with Crippen molar-refractivity contribution >= 4 is 27.5 Å². The van der Waals surface area contributed by atoms with Crippen LogP contribution < -0.4 is 5.73 Å². The van der Waals surface area contributed by atoms with Crippen LogP contribution in [0.3, 0.4) is 0 Å². The van der Waals surface area contributed by atoms with Crippen LogP contribution in [0.1, 0.15) is 5.56 Å². The molecule has 0 saturated carbocycles. The number of hydrogen-bond acceptors (Lipinski definition) is 4. The Labute approximate surface area is 110 Å². The van der Waals surface area contributed by atoms with E-state index in [1.54, 1.807) is 18.2 Å². The molecule has 3 N–H and O–H groups in total. The molecule has 7 nitrogen and oxygen atoms in total. The van der Waals surface area contributed by atoms with E-state index >= 15 is 0 Å². The summed E-state index contributed by atoms with van der Waals surface area (Å²) in [5.74, 6) is -0.0475.